The van der Waals surface area contributed by atoms with Crippen molar-refractivity contribution in [2.24, 2.45) is 5.92 Å². The standard InChI is InChI=1S/C25H28ClN5O3/c1-14-10-29-25(32)20-21(14)31-22(23(20)30-18-5-3-4-17(26)24(18)33-2)16-7-9-28-12-19(16)34-13-15-6-8-27-11-15/h3-5,7,9,12,14-15,27,30-31H,6,8,10-11,13H2,1-2H3,(H,29,32)/t14?,15-/m1/s1. The lowest BCUT2D eigenvalue weighted by molar-refractivity contribution is 0.0942. The van der Waals surface area contributed by atoms with Crippen LogP contribution in [0, 0.1) is 5.92 Å². The number of hydrogen-bond acceptors (Lipinski definition) is 6. The van der Waals surface area contributed by atoms with Gasteiger partial charge in [-0.15, -0.1) is 0 Å². The zero-order valence-corrected chi connectivity index (χ0v) is 20.0. The number of nitrogens with one attached hydrogen (secondary N) is 4. The molecular formula is C25H28ClN5O3. The highest BCUT2D eigenvalue weighted by Crippen LogP contribution is 2.44. The van der Waals surface area contributed by atoms with E-state index in [-0.39, 0.29) is 11.8 Å². The molecular weight excluding hydrogens is 454 g/mol. The molecule has 4 heterocycles. The van der Waals surface area contributed by atoms with Crippen LogP contribution in [0.2, 0.25) is 5.02 Å². The van der Waals surface area contributed by atoms with Crippen molar-refractivity contribution in [3.05, 3.63) is 52.9 Å². The molecule has 3 aromatic rings. The summed E-state index contributed by atoms with van der Waals surface area (Å²) < 4.78 is 11.8. The fourth-order valence-corrected chi connectivity index (χ4v) is 4.85. The Balaban J connectivity index is 1.60. The van der Waals surface area contributed by atoms with Crippen LogP contribution >= 0.6 is 11.6 Å². The van der Waals surface area contributed by atoms with Crippen molar-refractivity contribution >= 4 is 28.9 Å². The van der Waals surface area contributed by atoms with Gasteiger partial charge in [-0.3, -0.25) is 9.78 Å². The smallest absolute Gasteiger partial charge is 0.255 e. The number of halogens is 1. The van der Waals surface area contributed by atoms with Gasteiger partial charge >= 0.3 is 0 Å². The van der Waals surface area contributed by atoms with E-state index in [4.69, 9.17) is 21.1 Å². The molecule has 2 aliphatic heterocycles. The molecule has 9 heteroatoms. The SMILES string of the molecule is COc1c(Cl)cccc1Nc1c(-c2ccncc2OC[C@@H]2CCNC2)[nH]c2c1C(=O)NCC2C. The van der Waals surface area contributed by atoms with Gasteiger partial charge in [0, 0.05) is 42.4 Å². The van der Waals surface area contributed by atoms with Gasteiger partial charge in [-0.1, -0.05) is 24.6 Å². The topological polar surface area (TPSA) is 100 Å². The maximum atomic E-state index is 13.0. The number of fused-ring (bicyclic) bond motifs is 1. The third-order valence-electron chi connectivity index (χ3n) is 6.44. The lowest BCUT2D eigenvalue weighted by Gasteiger charge is -2.20. The Labute approximate surface area is 203 Å². The van der Waals surface area contributed by atoms with Gasteiger partial charge in [-0.2, -0.15) is 0 Å². The van der Waals surface area contributed by atoms with E-state index < -0.39 is 0 Å². The number of aromatic nitrogens is 2. The molecule has 0 spiro atoms. The molecule has 2 aromatic heterocycles. The summed E-state index contributed by atoms with van der Waals surface area (Å²) in [4.78, 5) is 20.8. The van der Waals surface area contributed by atoms with Gasteiger partial charge in [0.2, 0.25) is 0 Å². The molecule has 178 valence electrons. The Bertz CT molecular complexity index is 1210. The summed E-state index contributed by atoms with van der Waals surface area (Å²) in [7, 11) is 1.57. The number of carbonyl (C=O) groups excluding carboxylic acids is 1. The van der Waals surface area contributed by atoms with Gasteiger partial charge in [-0.25, -0.2) is 0 Å². The third-order valence-corrected chi connectivity index (χ3v) is 6.74. The largest absolute Gasteiger partial charge is 0.493 e. The van der Waals surface area contributed by atoms with Gasteiger partial charge in [0.1, 0.15) is 5.75 Å². The summed E-state index contributed by atoms with van der Waals surface area (Å²) in [5.41, 5.74) is 4.37. The first-order valence-electron chi connectivity index (χ1n) is 11.5. The Morgan fingerprint density at radius 3 is 2.94 bits per heavy atom. The van der Waals surface area contributed by atoms with Gasteiger partial charge in [0.05, 0.1) is 47.6 Å². The highest BCUT2D eigenvalue weighted by Gasteiger charge is 2.32. The quantitative estimate of drug-likeness (QED) is 0.401. The Morgan fingerprint density at radius 1 is 1.26 bits per heavy atom. The maximum Gasteiger partial charge on any atom is 0.255 e. The van der Waals surface area contributed by atoms with Gasteiger partial charge < -0.3 is 30.4 Å². The Kier molecular flexibility index (Phi) is 6.34. The summed E-state index contributed by atoms with van der Waals surface area (Å²) >= 11 is 6.36. The average Bonchev–Trinajstić information content (AvgIpc) is 3.49. The molecule has 1 fully saturated rings. The predicted molar refractivity (Wildman–Crippen MR) is 133 cm³/mol. The second-order valence-corrected chi connectivity index (χ2v) is 9.17. The van der Waals surface area contributed by atoms with E-state index in [9.17, 15) is 4.79 Å². The lowest BCUT2D eigenvalue weighted by atomic mass is 9.98. The van der Waals surface area contributed by atoms with Crippen LogP contribution in [0.4, 0.5) is 11.4 Å². The van der Waals surface area contributed by atoms with Crippen LogP contribution in [0.5, 0.6) is 11.5 Å². The zero-order chi connectivity index (χ0) is 23.7. The minimum atomic E-state index is -0.132. The highest BCUT2D eigenvalue weighted by molar-refractivity contribution is 6.32. The van der Waals surface area contributed by atoms with Crippen LogP contribution in [0.1, 0.15) is 35.3 Å². The molecule has 0 bridgehead atoms. The number of rotatable bonds is 7. The molecule has 2 atom stereocenters. The molecule has 8 nitrogen and oxygen atoms in total. The van der Waals surface area contributed by atoms with Crippen LogP contribution in [0.3, 0.4) is 0 Å². The lowest BCUT2D eigenvalue weighted by Crippen LogP contribution is -2.33. The first-order chi connectivity index (χ1) is 16.6. The first-order valence-corrected chi connectivity index (χ1v) is 11.9. The van der Waals surface area contributed by atoms with Crippen LogP contribution in [-0.2, 0) is 0 Å². The Morgan fingerprint density at radius 2 is 2.15 bits per heavy atom. The number of amides is 1. The molecule has 2 aliphatic rings. The second kappa shape index (κ2) is 9.56. The van der Waals surface area contributed by atoms with Crippen molar-refractivity contribution in [2.75, 3.05) is 38.7 Å². The number of pyridine rings is 1. The fraction of sp³-hybridized carbons (Fsp3) is 0.360. The molecule has 1 unspecified atom stereocenters. The molecule has 4 N–H and O–H groups in total. The summed E-state index contributed by atoms with van der Waals surface area (Å²) in [6, 6.07) is 7.38. The molecule has 0 saturated carbocycles. The van der Waals surface area contributed by atoms with E-state index in [1.54, 1.807) is 25.6 Å². The van der Waals surface area contributed by atoms with E-state index in [1.807, 2.05) is 18.2 Å². The minimum absolute atomic E-state index is 0.124. The van der Waals surface area contributed by atoms with E-state index in [0.717, 1.165) is 36.5 Å². The number of methoxy groups -OCH3 is 1. The number of benzene rings is 1. The normalized spacial score (nSPS) is 19.4. The number of para-hydroxylation sites is 1. The summed E-state index contributed by atoms with van der Waals surface area (Å²) in [6.07, 6.45) is 4.54. The number of aromatic amines is 1. The van der Waals surface area contributed by atoms with Gasteiger partial charge in [0.15, 0.2) is 5.75 Å². The van der Waals surface area contributed by atoms with E-state index >= 15 is 0 Å². The van der Waals surface area contributed by atoms with Crippen molar-refractivity contribution in [3.8, 4) is 22.8 Å². The average molecular weight is 482 g/mol. The maximum absolute atomic E-state index is 13.0. The predicted octanol–water partition coefficient (Wildman–Crippen LogP) is 4.32. The van der Waals surface area contributed by atoms with E-state index in [2.05, 4.69) is 32.8 Å². The van der Waals surface area contributed by atoms with Crippen molar-refractivity contribution in [1.82, 2.24) is 20.6 Å². The second-order valence-electron chi connectivity index (χ2n) is 8.76. The van der Waals surface area contributed by atoms with Crippen molar-refractivity contribution in [1.29, 1.82) is 0 Å². The van der Waals surface area contributed by atoms with E-state index in [0.29, 0.717) is 52.5 Å². The fourth-order valence-electron chi connectivity index (χ4n) is 4.60. The summed E-state index contributed by atoms with van der Waals surface area (Å²) in [5, 5.41) is 10.3. The van der Waals surface area contributed by atoms with Crippen LogP contribution < -0.4 is 25.4 Å². The number of nitrogens with zero attached hydrogens (tertiary/aromatic N) is 1. The van der Waals surface area contributed by atoms with Gasteiger partial charge in [0.25, 0.3) is 5.91 Å². The molecule has 0 aliphatic carbocycles. The zero-order valence-electron chi connectivity index (χ0n) is 19.2. The number of anilines is 2. The van der Waals surface area contributed by atoms with Crippen molar-refractivity contribution in [3.63, 3.8) is 0 Å². The molecule has 1 aromatic carbocycles. The molecule has 1 saturated heterocycles. The molecule has 5 rings (SSSR count). The number of ether oxygens (including phenoxy) is 2. The minimum Gasteiger partial charge on any atom is -0.493 e. The summed E-state index contributed by atoms with van der Waals surface area (Å²) in [5.74, 6) is 1.63. The van der Waals surface area contributed by atoms with Crippen LogP contribution in [0.15, 0.2) is 36.7 Å². The molecule has 0 radical (unpaired) electrons. The Hall–Kier alpha value is -3.23. The number of hydrogen-bond donors (Lipinski definition) is 4. The van der Waals surface area contributed by atoms with Crippen molar-refractivity contribution < 1.29 is 14.3 Å². The first kappa shape index (κ1) is 22.6. The number of H-pyrrole nitrogens is 1. The number of carbonyl (C=O) groups is 1. The molecule has 1 amide bonds. The highest BCUT2D eigenvalue weighted by atomic mass is 35.5. The molecule has 34 heavy (non-hydrogen) atoms. The van der Waals surface area contributed by atoms with Crippen LogP contribution in [0.25, 0.3) is 11.3 Å². The van der Waals surface area contributed by atoms with Crippen LogP contribution in [-0.4, -0.2) is 49.2 Å². The van der Waals surface area contributed by atoms with Gasteiger partial charge in [-0.05, 0) is 31.2 Å². The third kappa shape index (κ3) is 4.19. The summed E-state index contributed by atoms with van der Waals surface area (Å²) in [6.45, 7) is 5.22. The van der Waals surface area contributed by atoms with Crippen molar-refractivity contribution in [2.45, 2.75) is 19.3 Å². The van der Waals surface area contributed by atoms with E-state index in [1.165, 1.54) is 0 Å². The monoisotopic (exact) mass is 481 g/mol.